The number of hydrogen-bond acceptors (Lipinski definition) is 4. The van der Waals surface area contributed by atoms with Gasteiger partial charge >= 0.3 is 0 Å². The van der Waals surface area contributed by atoms with Crippen LogP contribution in [0.5, 0.6) is 0 Å². The highest BCUT2D eigenvalue weighted by Gasteiger charge is 2.28. The molecule has 1 heterocycles. The molecule has 0 bridgehead atoms. The molecule has 1 aromatic heterocycles. The summed E-state index contributed by atoms with van der Waals surface area (Å²) >= 11 is 12.3. The molecule has 1 amide bonds. The molecule has 0 spiro atoms. The molecule has 10 heteroatoms. The van der Waals surface area contributed by atoms with Crippen LogP contribution in [-0.4, -0.2) is 31.7 Å². The van der Waals surface area contributed by atoms with Crippen LogP contribution < -0.4 is 9.73 Å². The van der Waals surface area contributed by atoms with Crippen LogP contribution in [0.25, 0.3) is 5.69 Å². The Kier molecular flexibility index (Phi) is 8.73. The number of aromatic nitrogens is 1. The minimum atomic E-state index is -4.12. The van der Waals surface area contributed by atoms with Gasteiger partial charge in [-0.25, -0.2) is 13.8 Å². The molecule has 40 heavy (non-hydrogen) atoms. The summed E-state index contributed by atoms with van der Waals surface area (Å²) < 4.78 is 30.2. The first kappa shape index (κ1) is 29.4. The monoisotopic (exact) mass is 596 g/mol. The third kappa shape index (κ3) is 6.41. The van der Waals surface area contributed by atoms with Crippen molar-refractivity contribution in [2.45, 2.75) is 39.5 Å². The maximum atomic E-state index is 13.6. The predicted molar refractivity (Wildman–Crippen MR) is 163 cm³/mol. The minimum Gasteiger partial charge on any atom is -0.318 e. The molecule has 4 rings (SSSR count). The number of aryl methyl sites for hydroxylation is 4. The van der Waals surface area contributed by atoms with E-state index in [1.54, 1.807) is 18.3 Å². The van der Waals surface area contributed by atoms with Crippen LogP contribution in [0, 0.1) is 34.6 Å². The molecule has 0 atom stereocenters. The van der Waals surface area contributed by atoms with Crippen molar-refractivity contribution in [3.8, 4) is 5.69 Å². The van der Waals surface area contributed by atoms with E-state index in [2.05, 4.69) is 47.1 Å². The lowest BCUT2D eigenvalue weighted by Gasteiger charge is -2.24. The van der Waals surface area contributed by atoms with Gasteiger partial charge in [-0.1, -0.05) is 47.0 Å². The fraction of sp³-hybridized carbons (Fsp3) is 0.200. The number of nitrogens with zero attached hydrogens (tertiary/aromatic N) is 3. The molecule has 7 nitrogen and oxygen atoms in total. The van der Waals surface area contributed by atoms with Crippen molar-refractivity contribution in [1.82, 2.24) is 9.99 Å². The lowest BCUT2D eigenvalue weighted by molar-refractivity contribution is -0.119. The smallest absolute Gasteiger partial charge is 0.264 e. The average molecular weight is 598 g/mol. The van der Waals surface area contributed by atoms with E-state index in [1.807, 2.05) is 26.8 Å². The van der Waals surface area contributed by atoms with Gasteiger partial charge in [0.15, 0.2) is 0 Å². The molecule has 4 aromatic rings. The van der Waals surface area contributed by atoms with Gasteiger partial charge in [0.25, 0.3) is 15.9 Å². The summed E-state index contributed by atoms with van der Waals surface area (Å²) in [4.78, 5) is 13.0. The highest BCUT2D eigenvalue weighted by atomic mass is 35.5. The molecule has 0 saturated heterocycles. The standard InChI is InChI=1S/C30H30Cl2N4O3S/c1-19-6-10-29(11-7-19)40(38,39)35(28-15-25(31)14-26(32)16-28)18-30(37)34-33-17-24-13-22(4)36(23(24)5)27-9-8-20(2)21(3)12-27/h6-17H,18H2,1-5H3,(H,34,37)/b33-17-. The normalized spacial score (nSPS) is 11.7. The number of hydrazone groups is 1. The highest BCUT2D eigenvalue weighted by Crippen LogP contribution is 2.30. The summed E-state index contributed by atoms with van der Waals surface area (Å²) in [5.74, 6) is -0.633. The van der Waals surface area contributed by atoms with Gasteiger partial charge in [0.05, 0.1) is 16.8 Å². The molecule has 208 valence electrons. The van der Waals surface area contributed by atoms with Gasteiger partial charge in [-0.3, -0.25) is 9.10 Å². The van der Waals surface area contributed by atoms with Gasteiger partial charge in [-0.2, -0.15) is 5.10 Å². The van der Waals surface area contributed by atoms with Crippen LogP contribution >= 0.6 is 23.2 Å². The summed E-state index contributed by atoms with van der Waals surface area (Å²) in [6.45, 7) is 9.45. The zero-order valence-electron chi connectivity index (χ0n) is 22.9. The summed E-state index contributed by atoms with van der Waals surface area (Å²) in [7, 11) is -4.12. The van der Waals surface area contributed by atoms with Crippen molar-refractivity contribution >= 4 is 51.0 Å². The van der Waals surface area contributed by atoms with E-state index in [0.717, 1.165) is 32.5 Å². The molecule has 0 radical (unpaired) electrons. The van der Waals surface area contributed by atoms with Crippen molar-refractivity contribution < 1.29 is 13.2 Å². The summed E-state index contributed by atoms with van der Waals surface area (Å²) in [5.41, 5.74) is 9.76. The number of benzene rings is 3. The van der Waals surface area contributed by atoms with Crippen molar-refractivity contribution in [3.63, 3.8) is 0 Å². The first-order valence-electron chi connectivity index (χ1n) is 12.5. The summed E-state index contributed by atoms with van der Waals surface area (Å²) in [6.07, 6.45) is 1.55. The number of nitrogens with one attached hydrogen (secondary N) is 1. The van der Waals surface area contributed by atoms with Gasteiger partial charge in [0.2, 0.25) is 0 Å². The fourth-order valence-electron chi connectivity index (χ4n) is 4.36. The Morgan fingerprint density at radius 1 is 0.900 bits per heavy atom. The van der Waals surface area contributed by atoms with Crippen molar-refractivity contribution in [2.24, 2.45) is 5.10 Å². The average Bonchev–Trinajstić information content (AvgIpc) is 3.16. The maximum Gasteiger partial charge on any atom is 0.264 e. The Balaban J connectivity index is 1.58. The van der Waals surface area contributed by atoms with E-state index in [9.17, 15) is 13.2 Å². The molecule has 0 aliphatic heterocycles. The summed E-state index contributed by atoms with van der Waals surface area (Å²) in [6, 6.07) is 19.0. The zero-order chi connectivity index (χ0) is 29.2. The van der Waals surface area contributed by atoms with Gasteiger partial charge in [-0.15, -0.1) is 0 Å². The molecule has 1 N–H and O–H groups in total. The van der Waals surface area contributed by atoms with E-state index in [0.29, 0.717) is 0 Å². The van der Waals surface area contributed by atoms with E-state index in [1.165, 1.54) is 41.5 Å². The number of carbonyl (C=O) groups excluding carboxylic acids is 1. The number of carbonyl (C=O) groups is 1. The first-order chi connectivity index (χ1) is 18.9. The van der Waals surface area contributed by atoms with Crippen LogP contribution in [-0.2, 0) is 14.8 Å². The van der Waals surface area contributed by atoms with Crippen LogP contribution in [0.15, 0.2) is 76.7 Å². The SMILES string of the molecule is Cc1ccc(S(=O)(=O)N(CC(=O)N/N=C\c2cc(C)n(-c3ccc(C)c(C)c3)c2C)c2cc(Cl)cc(Cl)c2)cc1. The van der Waals surface area contributed by atoms with Gasteiger partial charge in [0, 0.05) is 32.7 Å². The molecule has 0 aliphatic rings. The first-order valence-corrected chi connectivity index (χ1v) is 14.7. The Hall–Kier alpha value is -3.59. The Bertz CT molecular complexity index is 1690. The van der Waals surface area contributed by atoms with Crippen LogP contribution in [0.3, 0.4) is 0 Å². The van der Waals surface area contributed by atoms with E-state index in [-0.39, 0.29) is 20.6 Å². The summed E-state index contributed by atoms with van der Waals surface area (Å²) in [5, 5.41) is 4.60. The lowest BCUT2D eigenvalue weighted by atomic mass is 10.1. The largest absolute Gasteiger partial charge is 0.318 e. The number of amides is 1. The predicted octanol–water partition coefficient (Wildman–Crippen LogP) is 6.67. The number of halogens is 2. The number of rotatable bonds is 8. The minimum absolute atomic E-state index is 0.0317. The van der Waals surface area contributed by atoms with E-state index in [4.69, 9.17) is 23.2 Å². The molecular formula is C30H30Cl2N4O3S. The molecule has 0 fully saturated rings. The van der Waals surface area contributed by atoms with Crippen molar-refractivity contribution in [3.05, 3.63) is 110 Å². The zero-order valence-corrected chi connectivity index (χ0v) is 25.2. The van der Waals surface area contributed by atoms with E-state index >= 15 is 0 Å². The third-order valence-electron chi connectivity index (χ3n) is 6.64. The Morgan fingerprint density at radius 3 is 2.17 bits per heavy atom. The second-order valence-electron chi connectivity index (χ2n) is 9.68. The fourth-order valence-corrected chi connectivity index (χ4v) is 6.27. The molecule has 0 saturated carbocycles. The van der Waals surface area contributed by atoms with Crippen LogP contribution in [0.1, 0.15) is 33.6 Å². The topological polar surface area (TPSA) is 83.8 Å². The molecule has 0 unspecified atom stereocenters. The number of hydrogen-bond donors (Lipinski definition) is 1. The highest BCUT2D eigenvalue weighted by molar-refractivity contribution is 7.92. The number of sulfonamides is 1. The maximum absolute atomic E-state index is 13.6. The van der Waals surface area contributed by atoms with Crippen LogP contribution in [0.4, 0.5) is 5.69 Å². The third-order valence-corrected chi connectivity index (χ3v) is 8.87. The van der Waals surface area contributed by atoms with E-state index < -0.39 is 22.5 Å². The van der Waals surface area contributed by atoms with Gasteiger partial charge in [0.1, 0.15) is 6.54 Å². The molecule has 3 aromatic carbocycles. The molecular weight excluding hydrogens is 567 g/mol. The molecule has 0 aliphatic carbocycles. The van der Waals surface area contributed by atoms with Gasteiger partial charge in [-0.05, 0) is 94.3 Å². The Morgan fingerprint density at radius 2 is 1.55 bits per heavy atom. The van der Waals surface area contributed by atoms with Crippen LogP contribution in [0.2, 0.25) is 10.0 Å². The van der Waals surface area contributed by atoms with Crippen molar-refractivity contribution in [1.29, 1.82) is 0 Å². The number of anilines is 1. The van der Waals surface area contributed by atoms with Gasteiger partial charge < -0.3 is 4.57 Å². The second kappa shape index (κ2) is 11.9. The second-order valence-corrected chi connectivity index (χ2v) is 12.4. The Labute approximate surface area is 245 Å². The lowest BCUT2D eigenvalue weighted by Crippen LogP contribution is -2.39. The quantitative estimate of drug-likeness (QED) is 0.182. The van der Waals surface area contributed by atoms with Crippen molar-refractivity contribution in [2.75, 3.05) is 10.8 Å².